The van der Waals surface area contributed by atoms with Gasteiger partial charge in [-0.1, -0.05) is 76.4 Å². The van der Waals surface area contributed by atoms with Gasteiger partial charge in [0, 0.05) is 11.9 Å². The van der Waals surface area contributed by atoms with Crippen LogP contribution in [0.25, 0.3) is 11.6 Å². The molecule has 0 saturated heterocycles. The first-order chi connectivity index (χ1) is 13.9. The topological polar surface area (TPSA) is 36.1 Å². The molecule has 0 radical (unpaired) electrons. The fraction of sp³-hybridized carbons (Fsp3) is 0.259. The van der Waals surface area contributed by atoms with E-state index in [1.165, 1.54) is 5.56 Å². The van der Waals surface area contributed by atoms with Crippen molar-refractivity contribution < 1.29 is 0 Å². The van der Waals surface area contributed by atoms with Gasteiger partial charge in [0.05, 0.1) is 11.6 Å². The quantitative estimate of drug-likeness (QED) is 0.358. The Kier molecular flexibility index (Phi) is 7.92. The van der Waals surface area contributed by atoms with Crippen molar-refractivity contribution in [3.05, 3.63) is 95.2 Å². The summed E-state index contributed by atoms with van der Waals surface area (Å²) in [4.78, 5) is 4.69. The Labute approximate surface area is 175 Å². The van der Waals surface area contributed by atoms with E-state index in [0.717, 1.165) is 51.9 Å². The maximum absolute atomic E-state index is 9.53. The molecule has 2 aromatic rings. The number of allylic oxidation sites excluding steroid dienone is 2. The minimum atomic E-state index is 0.514. The van der Waals surface area contributed by atoms with E-state index >= 15 is 0 Å². The lowest BCUT2D eigenvalue weighted by atomic mass is 9.94. The molecule has 0 fully saturated rings. The van der Waals surface area contributed by atoms with Crippen molar-refractivity contribution in [1.82, 2.24) is 0 Å². The first-order valence-corrected chi connectivity index (χ1v) is 10.1. The molecule has 0 saturated carbocycles. The molecule has 0 atom stereocenters. The molecule has 0 aromatic heterocycles. The maximum atomic E-state index is 9.53. The van der Waals surface area contributed by atoms with E-state index in [9.17, 15) is 5.26 Å². The maximum Gasteiger partial charge on any atom is 0.0994 e. The van der Waals surface area contributed by atoms with E-state index < -0.39 is 0 Å². The van der Waals surface area contributed by atoms with Crippen LogP contribution < -0.4 is 0 Å². The molecule has 0 heterocycles. The number of hydrogen-bond donors (Lipinski definition) is 0. The molecular weight excluding hydrogens is 352 g/mol. The van der Waals surface area contributed by atoms with Gasteiger partial charge >= 0.3 is 0 Å². The second-order valence-corrected chi connectivity index (χ2v) is 7.52. The predicted octanol–water partition coefficient (Wildman–Crippen LogP) is 7.00. The van der Waals surface area contributed by atoms with Gasteiger partial charge < -0.3 is 0 Å². The summed E-state index contributed by atoms with van der Waals surface area (Å²) in [7, 11) is 0. The highest BCUT2D eigenvalue weighted by Crippen LogP contribution is 2.25. The fourth-order valence-corrected chi connectivity index (χ4v) is 3.46. The van der Waals surface area contributed by atoms with Crippen LogP contribution in [0.15, 0.2) is 66.8 Å². The molecule has 0 amide bonds. The van der Waals surface area contributed by atoms with Gasteiger partial charge in [-0.2, -0.15) is 5.26 Å². The van der Waals surface area contributed by atoms with Gasteiger partial charge in [-0.05, 0) is 65.1 Å². The Morgan fingerprint density at radius 2 is 1.97 bits per heavy atom. The third-order valence-corrected chi connectivity index (χ3v) is 4.99. The Balaban J connectivity index is 2.43. The van der Waals surface area contributed by atoms with Crippen LogP contribution in [-0.4, -0.2) is 5.71 Å². The molecule has 2 heteroatoms. The molecule has 29 heavy (non-hydrogen) atoms. The summed E-state index contributed by atoms with van der Waals surface area (Å²) < 4.78 is 0. The van der Waals surface area contributed by atoms with Crippen LogP contribution >= 0.6 is 0 Å². The van der Waals surface area contributed by atoms with Crippen molar-refractivity contribution in [1.29, 1.82) is 5.26 Å². The largest absolute Gasteiger partial charge is 0.260 e. The normalized spacial score (nSPS) is 12.0. The second-order valence-electron chi connectivity index (χ2n) is 7.52. The molecule has 148 valence electrons. The Morgan fingerprint density at radius 1 is 1.21 bits per heavy atom. The summed E-state index contributed by atoms with van der Waals surface area (Å²) in [5.74, 6) is 0.514. The highest BCUT2D eigenvalue weighted by Gasteiger charge is 2.09. The molecule has 0 aliphatic heterocycles. The number of rotatable bonds is 8. The first-order valence-electron chi connectivity index (χ1n) is 10.1. The summed E-state index contributed by atoms with van der Waals surface area (Å²) in [5, 5.41) is 9.53. The molecule has 2 nitrogen and oxygen atoms in total. The van der Waals surface area contributed by atoms with Crippen LogP contribution in [0.4, 0.5) is 0 Å². The minimum absolute atomic E-state index is 0.514. The number of hydrogen-bond acceptors (Lipinski definition) is 2. The van der Waals surface area contributed by atoms with E-state index in [4.69, 9.17) is 0 Å². The van der Waals surface area contributed by atoms with Crippen LogP contribution in [0, 0.1) is 17.2 Å². The zero-order valence-electron chi connectivity index (χ0n) is 18.0. The SMILES string of the molecule is C=C/C(=C\N=C(C)c1ccc(CC(C)C)c(C#N)c1)c1cccc(C=C)c1CC. The summed E-state index contributed by atoms with van der Waals surface area (Å²) in [6.07, 6.45) is 7.40. The lowest BCUT2D eigenvalue weighted by Gasteiger charge is -2.12. The fourth-order valence-electron chi connectivity index (χ4n) is 3.46. The summed E-state index contributed by atoms with van der Waals surface area (Å²) in [6, 6.07) is 14.6. The van der Waals surface area contributed by atoms with E-state index in [-0.39, 0.29) is 0 Å². The monoisotopic (exact) mass is 382 g/mol. The number of aliphatic imine (C=N–C) groups is 1. The molecule has 0 unspecified atom stereocenters. The highest BCUT2D eigenvalue weighted by molar-refractivity contribution is 6.00. The van der Waals surface area contributed by atoms with Gasteiger partial charge in [-0.25, -0.2) is 0 Å². The van der Waals surface area contributed by atoms with Crippen LogP contribution in [0.3, 0.4) is 0 Å². The zero-order chi connectivity index (χ0) is 21.4. The minimum Gasteiger partial charge on any atom is -0.260 e. The van der Waals surface area contributed by atoms with Crippen molar-refractivity contribution in [2.75, 3.05) is 0 Å². The van der Waals surface area contributed by atoms with E-state index in [2.05, 4.69) is 63.2 Å². The third-order valence-electron chi connectivity index (χ3n) is 4.99. The van der Waals surface area contributed by atoms with Crippen LogP contribution in [-0.2, 0) is 12.8 Å². The Hall–Kier alpha value is -3.18. The Morgan fingerprint density at radius 3 is 2.55 bits per heavy atom. The lowest BCUT2D eigenvalue weighted by Crippen LogP contribution is -2.01. The average molecular weight is 383 g/mol. The third kappa shape index (κ3) is 5.42. The molecule has 0 N–H and O–H groups in total. The van der Waals surface area contributed by atoms with Gasteiger partial charge in [0.1, 0.15) is 0 Å². The van der Waals surface area contributed by atoms with Crippen molar-refractivity contribution >= 4 is 17.4 Å². The number of benzene rings is 2. The van der Waals surface area contributed by atoms with Gasteiger partial charge in [0.15, 0.2) is 0 Å². The first kappa shape index (κ1) is 22.1. The van der Waals surface area contributed by atoms with Crippen molar-refractivity contribution in [2.45, 2.75) is 40.5 Å². The molecule has 2 rings (SSSR count). The second kappa shape index (κ2) is 10.4. The standard InChI is InChI=1S/C27H30N2/c1-7-21-11-10-12-27(26(21)9-3)22(8-2)18-29-20(6)23-13-14-24(15-19(4)5)25(16-23)17-28/h7-8,10-14,16,18-19H,1-2,9,15H2,3-6H3/b22-18+,29-20?. The van der Waals surface area contributed by atoms with Crippen LogP contribution in [0.5, 0.6) is 0 Å². The zero-order valence-corrected chi connectivity index (χ0v) is 18.0. The number of nitrogens with zero attached hydrogens (tertiary/aromatic N) is 2. The number of nitriles is 1. The van der Waals surface area contributed by atoms with E-state index in [1.54, 1.807) is 0 Å². The molecule has 0 aliphatic carbocycles. The average Bonchev–Trinajstić information content (AvgIpc) is 2.73. The van der Waals surface area contributed by atoms with Gasteiger partial charge in [-0.15, -0.1) is 0 Å². The smallest absolute Gasteiger partial charge is 0.0994 e. The molecule has 0 spiro atoms. The van der Waals surface area contributed by atoms with Crippen LogP contribution in [0.2, 0.25) is 0 Å². The lowest BCUT2D eigenvalue weighted by molar-refractivity contribution is 0.646. The summed E-state index contributed by atoms with van der Waals surface area (Å²) >= 11 is 0. The molecule has 0 bridgehead atoms. The Bertz CT molecular complexity index is 998. The molecule has 2 aromatic carbocycles. The predicted molar refractivity (Wildman–Crippen MR) is 126 cm³/mol. The highest BCUT2D eigenvalue weighted by atomic mass is 14.7. The van der Waals surface area contributed by atoms with Gasteiger partial charge in [-0.3, -0.25) is 4.99 Å². The van der Waals surface area contributed by atoms with E-state index in [0.29, 0.717) is 5.92 Å². The van der Waals surface area contributed by atoms with Crippen molar-refractivity contribution in [2.24, 2.45) is 10.9 Å². The molecule has 0 aliphatic rings. The van der Waals surface area contributed by atoms with Gasteiger partial charge in [0.2, 0.25) is 0 Å². The van der Waals surface area contributed by atoms with Crippen molar-refractivity contribution in [3.63, 3.8) is 0 Å². The molecular formula is C27H30N2. The summed E-state index contributed by atoms with van der Waals surface area (Å²) in [6.45, 7) is 16.3. The van der Waals surface area contributed by atoms with Gasteiger partial charge in [0.25, 0.3) is 0 Å². The van der Waals surface area contributed by atoms with Crippen molar-refractivity contribution in [3.8, 4) is 6.07 Å². The summed E-state index contributed by atoms with van der Waals surface area (Å²) in [5.41, 5.74) is 8.13. The van der Waals surface area contributed by atoms with Crippen LogP contribution in [0.1, 0.15) is 61.1 Å². The van der Waals surface area contributed by atoms with E-state index in [1.807, 2.05) is 43.5 Å².